The number of nitrogens with one attached hydrogen (secondary N) is 1. The van der Waals surface area contributed by atoms with E-state index < -0.39 is 0 Å². The van der Waals surface area contributed by atoms with Crippen LogP contribution in [0.15, 0.2) is 23.6 Å². The average molecular weight is 225 g/mol. The number of thioether (sulfide) groups is 1. The summed E-state index contributed by atoms with van der Waals surface area (Å²) in [5.41, 5.74) is 0. The summed E-state index contributed by atoms with van der Waals surface area (Å²) < 4.78 is 0. The molecule has 0 aliphatic heterocycles. The summed E-state index contributed by atoms with van der Waals surface area (Å²) in [6.45, 7) is 2.22. The van der Waals surface area contributed by atoms with Gasteiger partial charge in [0.25, 0.3) is 0 Å². The molecule has 1 aromatic rings. The molecular formula is C11H19N3S. The summed E-state index contributed by atoms with van der Waals surface area (Å²) in [6, 6.07) is 0.660. The first-order chi connectivity index (χ1) is 7.36. The second kappa shape index (κ2) is 7.65. The minimum Gasteiger partial charge on any atom is -0.317 e. The zero-order chi connectivity index (χ0) is 10.9. The maximum atomic E-state index is 4.22. The van der Waals surface area contributed by atoms with Gasteiger partial charge in [0.05, 0.1) is 6.20 Å². The molecule has 1 aromatic heterocycles. The van der Waals surface area contributed by atoms with Crippen molar-refractivity contribution in [3.8, 4) is 0 Å². The van der Waals surface area contributed by atoms with Crippen molar-refractivity contribution >= 4 is 11.8 Å². The number of nitrogens with zero attached hydrogens (tertiary/aromatic N) is 2. The first-order valence-corrected chi connectivity index (χ1v) is 6.41. The van der Waals surface area contributed by atoms with Crippen LogP contribution in [-0.2, 0) is 0 Å². The lowest BCUT2D eigenvalue weighted by Gasteiger charge is -2.12. The van der Waals surface area contributed by atoms with Crippen LogP contribution in [0.3, 0.4) is 0 Å². The molecule has 0 aromatic carbocycles. The second-order valence-corrected chi connectivity index (χ2v) is 4.54. The summed E-state index contributed by atoms with van der Waals surface area (Å²) in [6.07, 6.45) is 8.93. The highest BCUT2D eigenvalue weighted by molar-refractivity contribution is 7.99. The van der Waals surface area contributed by atoms with E-state index in [1.807, 2.05) is 13.2 Å². The fourth-order valence-electron chi connectivity index (χ4n) is 1.42. The van der Waals surface area contributed by atoms with Crippen molar-refractivity contribution < 1.29 is 0 Å². The van der Waals surface area contributed by atoms with Gasteiger partial charge in [-0.05, 0) is 32.1 Å². The van der Waals surface area contributed by atoms with Gasteiger partial charge >= 0.3 is 0 Å². The molecule has 1 heterocycles. The number of hydrogen-bond acceptors (Lipinski definition) is 4. The van der Waals surface area contributed by atoms with Gasteiger partial charge in [0.1, 0.15) is 5.03 Å². The number of aromatic nitrogens is 2. The molecule has 0 saturated heterocycles. The smallest absolute Gasteiger partial charge is 0.114 e. The van der Waals surface area contributed by atoms with Gasteiger partial charge in [-0.3, -0.25) is 4.98 Å². The number of hydrogen-bond donors (Lipinski definition) is 1. The fourth-order valence-corrected chi connectivity index (χ4v) is 2.21. The minimum absolute atomic E-state index is 0.660. The molecule has 0 amide bonds. The average Bonchev–Trinajstić information content (AvgIpc) is 2.31. The highest BCUT2D eigenvalue weighted by atomic mass is 32.2. The number of rotatable bonds is 7. The van der Waals surface area contributed by atoms with Crippen LogP contribution in [0.2, 0.25) is 0 Å². The maximum absolute atomic E-state index is 4.22. The molecule has 4 heteroatoms. The zero-order valence-electron chi connectivity index (χ0n) is 9.44. The third-order valence-corrected chi connectivity index (χ3v) is 3.39. The molecule has 0 spiro atoms. The molecule has 0 aliphatic carbocycles. The molecule has 0 radical (unpaired) electrons. The second-order valence-electron chi connectivity index (χ2n) is 3.43. The Bertz CT molecular complexity index is 249. The molecule has 1 rings (SSSR count). The summed E-state index contributed by atoms with van der Waals surface area (Å²) >= 11 is 1.78. The summed E-state index contributed by atoms with van der Waals surface area (Å²) in [5.74, 6) is 1.12. The van der Waals surface area contributed by atoms with E-state index in [0.717, 1.165) is 10.8 Å². The molecule has 1 N–H and O–H groups in total. The van der Waals surface area contributed by atoms with E-state index in [1.165, 1.54) is 19.3 Å². The zero-order valence-corrected chi connectivity index (χ0v) is 10.3. The van der Waals surface area contributed by atoms with Crippen LogP contribution in [0.25, 0.3) is 0 Å². The van der Waals surface area contributed by atoms with Crippen LogP contribution < -0.4 is 5.32 Å². The minimum atomic E-state index is 0.660. The molecule has 0 saturated carbocycles. The Morgan fingerprint density at radius 2 is 2.33 bits per heavy atom. The van der Waals surface area contributed by atoms with Crippen LogP contribution in [-0.4, -0.2) is 28.8 Å². The fraction of sp³-hybridized carbons (Fsp3) is 0.636. The van der Waals surface area contributed by atoms with E-state index in [1.54, 1.807) is 24.2 Å². The van der Waals surface area contributed by atoms with E-state index in [4.69, 9.17) is 0 Å². The van der Waals surface area contributed by atoms with Crippen molar-refractivity contribution in [2.75, 3.05) is 12.8 Å². The normalized spacial score (nSPS) is 12.7. The van der Waals surface area contributed by atoms with E-state index in [2.05, 4.69) is 22.2 Å². The highest BCUT2D eigenvalue weighted by Crippen LogP contribution is 2.15. The third-order valence-electron chi connectivity index (χ3n) is 2.39. The standard InChI is InChI=1S/C11H19N3S/c1-3-10(12-2)5-4-8-15-11-9-13-6-7-14-11/h6-7,9-10,12H,3-5,8H2,1-2H3. The van der Waals surface area contributed by atoms with Crippen molar-refractivity contribution in [3.63, 3.8) is 0 Å². The summed E-state index contributed by atoms with van der Waals surface area (Å²) in [4.78, 5) is 8.26. The lowest BCUT2D eigenvalue weighted by atomic mass is 10.1. The molecule has 0 bridgehead atoms. The molecule has 1 atom stereocenters. The predicted octanol–water partition coefficient (Wildman–Crippen LogP) is 2.35. The van der Waals surface area contributed by atoms with Crippen molar-refractivity contribution in [2.45, 2.75) is 37.3 Å². The van der Waals surface area contributed by atoms with Gasteiger partial charge < -0.3 is 5.32 Å². The van der Waals surface area contributed by atoms with Gasteiger partial charge in [-0.25, -0.2) is 4.98 Å². The van der Waals surface area contributed by atoms with E-state index in [0.29, 0.717) is 6.04 Å². The van der Waals surface area contributed by atoms with Gasteiger partial charge in [0.15, 0.2) is 0 Å². The van der Waals surface area contributed by atoms with E-state index in [9.17, 15) is 0 Å². The molecular weight excluding hydrogens is 206 g/mol. The quantitative estimate of drug-likeness (QED) is 0.571. The van der Waals surface area contributed by atoms with Crippen LogP contribution >= 0.6 is 11.8 Å². The van der Waals surface area contributed by atoms with Gasteiger partial charge in [-0.15, -0.1) is 11.8 Å². The molecule has 15 heavy (non-hydrogen) atoms. The Hall–Kier alpha value is -0.610. The topological polar surface area (TPSA) is 37.8 Å². The van der Waals surface area contributed by atoms with E-state index in [-0.39, 0.29) is 0 Å². The van der Waals surface area contributed by atoms with E-state index >= 15 is 0 Å². The molecule has 84 valence electrons. The lowest BCUT2D eigenvalue weighted by Crippen LogP contribution is -2.23. The molecule has 0 aliphatic rings. The Kier molecular flexibility index (Phi) is 6.36. The van der Waals surface area contributed by atoms with Crippen molar-refractivity contribution in [1.29, 1.82) is 0 Å². The Balaban J connectivity index is 2.12. The molecule has 1 unspecified atom stereocenters. The van der Waals surface area contributed by atoms with Crippen molar-refractivity contribution in [2.24, 2.45) is 0 Å². The van der Waals surface area contributed by atoms with Gasteiger partial charge in [0, 0.05) is 18.4 Å². The predicted molar refractivity (Wildman–Crippen MR) is 65.1 cm³/mol. The van der Waals surface area contributed by atoms with Crippen LogP contribution in [0.1, 0.15) is 26.2 Å². The van der Waals surface area contributed by atoms with Crippen LogP contribution in [0, 0.1) is 0 Å². The monoisotopic (exact) mass is 225 g/mol. The van der Waals surface area contributed by atoms with Crippen LogP contribution in [0.4, 0.5) is 0 Å². The van der Waals surface area contributed by atoms with Gasteiger partial charge in [-0.2, -0.15) is 0 Å². The maximum Gasteiger partial charge on any atom is 0.114 e. The third kappa shape index (κ3) is 5.14. The van der Waals surface area contributed by atoms with Gasteiger partial charge in [-0.1, -0.05) is 6.92 Å². The Morgan fingerprint density at radius 1 is 1.47 bits per heavy atom. The van der Waals surface area contributed by atoms with Crippen LogP contribution in [0.5, 0.6) is 0 Å². The van der Waals surface area contributed by atoms with Gasteiger partial charge in [0.2, 0.25) is 0 Å². The highest BCUT2D eigenvalue weighted by Gasteiger charge is 2.02. The molecule has 0 fully saturated rings. The Labute approximate surface area is 96.1 Å². The summed E-state index contributed by atoms with van der Waals surface area (Å²) in [5, 5.41) is 4.34. The Morgan fingerprint density at radius 3 is 2.93 bits per heavy atom. The van der Waals surface area contributed by atoms with Crippen molar-refractivity contribution in [1.82, 2.24) is 15.3 Å². The first-order valence-electron chi connectivity index (χ1n) is 5.43. The first kappa shape index (κ1) is 12.5. The lowest BCUT2D eigenvalue weighted by molar-refractivity contribution is 0.504. The SMILES string of the molecule is CCC(CCCSc1cnccn1)NC. The largest absolute Gasteiger partial charge is 0.317 e. The van der Waals surface area contributed by atoms with Crippen molar-refractivity contribution in [3.05, 3.63) is 18.6 Å². The molecule has 3 nitrogen and oxygen atoms in total. The summed E-state index contributed by atoms with van der Waals surface area (Å²) in [7, 11) is 2.03.